The van der Waals surface area contributed by atoms with Gasteiger partial charge in [0.05, 0.1) is 0 Å². The smallest absolute Gasteiger partial charge is 0.0314 e. The van der Waals surface area contributed by atoms with E-state index in [9.17, 15) is 0 Å². The third-order valence-electron chi connectivity index (χ3n) is 6.27. The summed E-state index contributed by atoms with van der Waals surface area (Å²) in [5.74, 6) is 0.569. The Bertz CT molecular complexity index is 626. The van der Waals surface area contributed by atoms with Gasteiger partial charge in [-0.1, -0.05) is 51.0 Å². The molecular formula is C20H28N2. The van der Waals surface area contributed by atoms with Crippen molar-refractivity contribution >= 4 is 5.69 Å². The van der Waals surface area contributed by atoms with Gasteiger partial charge in [0.25, 0.3) is 0 Å². The first kappa shape index (κ1) is 15.2. The third kappa shape index (κ3) is 2.08. The van der Waals surface area contributed by atoms with E-state index in [-0.39, 0.29) is 5.41 Å². The Morgan fingerprint density at radius 2 is 1.73 bits per heavy atom. The van der Waals surface area contributed by atoms with Crippen LogP contribution in [-0.2, 0) is 5.41 Å². The highest BCUT2D eigenvalue weighted by Gasteiger charge is 2.54. The van der Waals surface area contributed by atoms with Gasteiger partial charge in [-0.05, 0) is 54.4 Å². The van der Waals surface area contributed by atoms with Crippen LogP contribution in [-0.4, -0.2) is 0 Å². The number of hydrogen-bond donors (Lipinski definition) is 2. The molecule has 1 aromatic rings. The van der Waals surface area contributed by atoms with E-state index < -0.39 is 0 Å². The first-order valence-electron chi connectivity index (χ1n) is 8.48. The second-order valence-corrected chi connectivity index (χ2v) is 7.36. The molecule has 118 valence electrons. The maximum absolute atomic E-state index is 6.16. The van der Waals surface area contributed by atoms with Crippen LogP contribution in [0.3, 0.4) is 0 Å². The molecule has 0 spiro atoms. The van der Waals surface area contributed by atoms with Crippen LogP contribution < -0.4 is 11.5 Å². The molecule has 0 amide bonds. The Kier molecular flexibility index (Phi) is 3.58. The van der Waals surface area contributed by atoms with Gasteiger partial charge in [0.1, 0.15) is 0 Å². The molecule has 2 aliphatic carbocycles. The molecule has 0 heterocycles. The van der Waals surface area contributed by atoms with Gasteiger partial charge in [-0.2, -0.15) is 0 Å². The largest absolute Gasteiger partial charge is 0.402 e. The van der Waals surface area contributed by atoms with E-state index in [4.69, 9.17) is 11.5 Å². The molecule has 0 aliphatic heterocycles. The van der Waals surface area contributed by atoms with E-state index in [2.05, 4.69) is 45.1 Å². The highest BCUT2D eigenvalue weighted by Crippen LogP contribution is 2.62. The topological polar surface area (TPSA) is 52.0 Å². The minimum absolute atomic E-state index is 0.139. The van der Waals surface area contributed by atoms with E-state index in [1.165, 1.54) is 18.4 Å². The van der Waals surface area contributed by atoms with Gasteiger partial charge in [-0.25, -0.2) is 0 Å². The number of anilines is 1. The molecule has 0 saturated heterocycles. The highest BCUT2D eigenvalue weighted by atomic mass is 14.6. The Morgan fingerprint density at radius 3 is 2.32 bits per heavy atom. The van der Waals surface area contributed by atoms with Gasteiger partial charge in [0.15, 0.2) is 0 Å². The van der Waals surface area contributed by atoms with Crippen LogP contribution >= 0.6 is 0 Å². The summed E-state index contributed by atoms with van der Waals surface area (Å²) in [6.45, 7) is 7.08. The molecule has 2 nitrogen and oxygen atoms in total. The predicted octanol–water partition coefficient (Wildman–Crippen LogP) is 4.53. The SMILES string of the molecule is CCC1(c2ccc(N)cc2)CC(C)(CC)C2CC(N)=CC=C21. The molecule has 0 aromatic heterocycles. The van der Waals surface area contributed by atoms with Crippen LogP contribution in [0.1, 0.15) is 52.0 Å². The number of hydrogen-bond acceptors (Lipinski definition) is 2. The first-order chi connectivity index (χ1) is 10.4. The lowest BCUT2D eigenvalue weighted by atomic mass is 9.71. The molecule has 3 atom stereocenters. The molecular weight excluding hydrogens is 268 g/mol. The van der Waals surface area contributed by atoms with Gasteiger partial charge in [0.2, 0.25) is 0 Å². The monoisotopic (exact) mass is 296 g/mol. The van der Waals surface area contributed by atoms with Crippen molar-refractivity contribution in [3.8, 4) is 0 Å². The molecule has 4 N–H and O–H groups in total. The van der Waals surface area contributed by atoms with E-state index in [0.717, 1.165) is 24.2 Å². The van der Waals surface area contributed by atoms with Crippen molar-refractivity contribution in [1.82, 2.24) is 0 Å². The van der Waals surface area contributed by atoms with Gasteiger partial charge in [-0.3, -0.25) is 0 Å². The lowest BCUT2D eigenvalue weighted by molar-refractivity contribution is 0.220. The second kappa shape index (κ2) is 5.19. The zero-order chi connectivity index (χ0) is 16.0. The summed E-state index contributed by atoms with van der Waals surface area (Å²) in [4.78, 5) is 0. The summed E-state index contributed by atoms with van der Waals surface area (Å²) in [6, 6.07) is 8.52. The van der Waals surface area contributed by atoms with Crippen molar-refractivity contribution in [3.63, 3.8) is 0 Å². The second-order valence-electron chi connectivity index (χ2n) is 7.36. The van der Waals surface area contributed by atoms with E-state index in [1.54, 1.807) is 5.57 Å². The molecule has 3 rings (SSSR count). The Hall–Kier alpha value is -1.70. The number of benzene rings is 1. The number of fused-ring (bicyclic) bond motifs is 1. The van der Waals surface area contributed by atoms with Gasteiger partial charge >= 0.3 is 0 Å². The van der Waals surface area contributed by atoms with Crippen LogP contribution in [0.25, 0.3) is 0 Å². The van der Waals surface area contributed by atoms with Crippen molar-refractivity contribution in [2.45, 2.75) is 51.9 Å². The van der Waals surface area contributed by atoms with Crippen LogP contribution in [0.2, 0.25) is 0 Å². The van der Waals surface area contributed by atoms with Crippen LogP contribution in [0.5, 0.6) is 0 Å². The Labute approximate surface area is 134 Å². The van der Waals surface area contributed by atoms with Crippen molar-refractivity contribution < 1.29 is 0 Å². The fraction of sp³-hybridized carbons (Fsp3) is 0.500. The average Bonchev–Trinajstić information content (AvgIpc) is 2.78. The van der Waals surface area contributed by atoms with E-state index in [0.29, 0.717) is 11.3 Å². The van der Waals surface area contributed by atoms with Crippen LogP contribution in [0, 0.1) is 11.3 Å². The summed E-state index contributed by atoms with van der Waals surface area (Å²) in [7, 11) is 0. The quantitative estimate of drug-likeness (QED) is 0.805. The average molecular weight is 296 g/mol. The van der Waals surface area contributed by atoms with Crippen LogP contribution in [0.15, 0.2) is 47.7 Å². The minimum Gasteiger partial charge on any atom is -0.402 e. The van der Waals surface area contributed by atoms with Crippen molar-refractivity contribution in [2.75, 3.05) is 5.73 Å². The lowest BCUT2D eigenvalue weighted by Crippen LogP contribution is -2.26. The maximum Gasteiger partial charge on any atom is 0.0314 e. The zero-order valence-corrected chi connectivity index (χ0v) is 14.0. The van der Waals surface area contributed by atoms with Gasteiger partial charge in [-0.15, -0.1) is 0 Å². The summed E-state index contributed by atoms with van der Waals surface area (Å²) in [5.41, 5.74) is 17.4. The summed E-state index contributed by atoms with van der Waals surface area (Å²) in [6.07, 6.45) is 8.96. The molecule has 2 heteroatoms. The lowest BCUT2D eigenvalue weighted by Gasteiger charge is -2.33. The van der Waals surface area contributed by atoms with Gasteiger partial charge in [0, 0.05) is 16.8 Å². The third-order valence-corrected chi connectivity index (χ3v) is 6.27. The standard InChI is InChI=1S/C20H28N2/c1-4-19(3)13-20(5-2,14-6-8-15(21)9-7-14)17-11-10-16(22)12-18(17)19/h6-11,18H,4-5,12-13,21-22H2,1-3H3. The van der Waals surface area contributed by atoms with Crippen molar-refractivity contribution in [2.24, 2.45) is 17.1 Å². The first-order valence-corrected chi connectivity index (χ1v) is 8.48. The number of nitrogens with two attached hydrogens (primary N) is 2. The van der Waals surface area contributed by atoms with E-state index >= 15 is 0 Å². The highest BCUT2D eigenvalue weighted by molar-refractivity contribution is 5.50. The minimum atomic E-state index is 0.139. The molecule has 22 heavy (non-hydrogen) atoms. The zero-order valence-electron chi connectivity index (χ0n) is 14.0. The predicted molar refractivity (Wildman–Crippen MR) is 94.3 cm³/mol. The molecule has 1 saturated carbocycles. The maximum atomic E-state index is 6.16. The normalized spacial score (nSPS) is 34.0. The molecule has 2 aliphatic rings. The molecule has 0 bridgehead atoms. The summed E-state index contributed by atoms with van der Waals surface area (Å²) >= 11 is 0. The van der Waals surface area contributed by atoms with Gasteiger partial charge < -0.3 is 11.5 Å². The molecule has 1 fully saturated rings. The fourth-order valence-corrected chi connectivity index (χ4v) is 4.73. The van der Waals surface area contributed by atoms with E-state index in [1.807, 2.05) is 12.1 Å². The summed E-state index contributed by atoms with van der Waals surface area (Å²) < 4.78 is 0. The van der Waals surface area contributed by atoms with Crippen molar-refractivity contribution in [3.05, 3.63) is 53.3 Å². The molecule has 1 aromatic carbocycles. The fourth-order valence-electron chi connectivity index (χ4n) is 4.73. The Balaban J connectivity index is 2.16. The number of rotatable bonds is 3. The number of allylic oxidation sites excluding steroid dienone is 4. The molecule has 3 unspecified atom stereocenters. The van der Waals surface area contributed by atoms with Crippen molar-refractivity contribution in [1.29, 1.82) is 0 Å². The number of nitrogen functional groups attached to an aromatic ring is 1. The molecule has 0 radical (unpaired) electrons. The Morgan fingerprint density at radius 1 is 1.05 bits per heavy atom. The van der Waals surface area contributed by atoms with Crippen LogP contribution in [0.4, 0.5) is 5.69 Å². The summed E-state index contributed by atoms with van der Waals surface area (Å²) in [5, 5.41) is 0.